The van der Waals surface area contributed by atoms with Crippen molar-refractivity contribution >= 4 is 40.7 Å². The van der Waals surface area contributed by atoms with Crippen LogP contribution in [0.3, 0.4) is 0 Å². The lowest BCUT2D eigenvalue weighted by Gasteiger charge is -2.14. The maximum absolute atomic E-state index is 12.0. The lowest BCUT2D eigenvalue weighted by molar-refractivity contribution is -0.862. The van der Waals surface area contributed by atoms with Crippen molar-refractivity contribution < 1.29 is 14.5 Å². The molecule has 1 unspecified atom stereocenters. The maximum Gasteiger partial charge on any atom is 0.279 e. The summed E-state index contributed by atoms with van der Waals surface area (Å²) in [5.74, 6) is -0.292. The fourth-order valence-electron chi connectivity index (χ4n) is 2.26. The Hall–Kier alpha value is -2.08. The Morgan fingerprint density at radius 3 is 2.32 bits per heavy atom. The van der Waals surface area contributed by atoms with E-state index in [4.69, 9.17) is 23.2 Å². The van der Waals surface area contributed by atoms with Crippen molar-refractivity contribution in [3.63, 3.8) is 0 Å². The van der Waals surface area contributed by atoms with E-state index in [0.717, 1.165) is 10.5 Å². The average molecular weight is 381 g/mol. The molecular weight excluding hydrogens is 361 g/mol. The molecule has 0 aromatic heterocycles. The molecule has 0 radical (unpaired) electrons. The highest BCUT2D eigenvalue weighted by molar-refractivity contribution is 6.30. The lowest BCUT2D eigenvalue weighted by atomic mass is 10.2. The van der Waals surface area contributed by atoms with Gasteiger partial charge in [-0.2, -0.15) is 0 Å². The molecule has 0 saturated carbocycles. The first-order chi connectivity index (χ1) is 11.9. The molecular formula is C18H20Cl2N3O2+. The molecule has 2 rings (SSSR count). The number of amides is 2. The topological polar surface area (TPSA) is 62.6 Å². The highest BCUT2D eigenvalue weighted by Gasteiger charge is 2.14. The predicted molar refractivity (Wildman–Crippen MR) is 100 cm³/mol. The van der Waals surface area contributed by atoms with Gasteiger partial charge in [-0.3, -0.25) is 9.59 Å². The Bertz CT molecular complexity index is 735. The van der Waals surface area contributed by atoms with Crippen LogP contribution in [0.15, 0.2) is 48.5 Å². The van der Waals surface area contributed by atoms with Crippen LogP contribution in [0.4, 0.5) is 5.69 Å². The average Bonchev–Trinajstić information content (AvgIpc) is 2.55. The number of hydrogen-bond acceptors (Lipinski definition) is 2. The number of rotatable bonds is 7. The van der Waals surface area contributed by atoms with Crippen LogP contribution in [-0.4, -0.2) is 32.0 Å². The third kappa shape index (κ3) is 7.13. The number of benzene rings is 2. The first-order valence-corrected chi connectivity index (χ1v) is 8.56. The molecule has 7 heteroatoms. The van der Waals surface area contributed by atoms with Crippen molar-refractivity contribution in [3.05, 3.63) is 64.1 Å². The van der Waals surface area contributed by atoms with Gasteiger partial charge in [-0.1, -0.05) is 35.3 Å². The summed E-state index contributed by atoms with van der Waals surface area (Å²) in [6, 6.07) is 14.2. The van der Waals surface area contributed by atoms with E-state index in [1.807, 2.05) is 12.1 Å². The number of likely N-dealkylation sites (N-methyl/N-ethyl adjacent to an activating group) is 1. The van der Waals surface area contributed by atoms with Crippen LogP contribution in [0.1, 0.15) is 5.56 Å². The van der Waals surface area contributed by atoms with Gasteiger partial charge in [-0.05, 0) is 42.0 Å². The van der Waals surface area contributed by atoms with Gasteiger partial charge in [-0.25, -0.2) is 0 Å². The van der Waals surface area contributed by atoms with Crippen LogP contribution in [-0.2, 0) is 16.1 Å². The number of nitrogens with one attached hydrogen (secondary N) is 3. The van der Waals surface area contributed by atoms with E-state index < -0.39 is 0 Å². The molecule has 5 nitrogen and oxygen atoms in total. The third-order valence-electron chi connectivity index (χ3n) is 3.43. The summed E-state index contributed by atoms with van der Waals surface area (Å²) in [5, 5.41) is 6.84. The zero-order valence-corrected chi connectivity index (χ0v) is 15.3. The summed E-state index contributed by atoms with van der Waals surface area (Å²) in [6.45, 7) is 0.797. The van der Waals surface area contributed by atoms with Crippen LogP contribution in [0.25, 0.3) is 0 Å². The molecule has 0 fully saturated rings. The minimum atomic E-state index is -0.164. The van der Waals surface area contributed by atoms with Crippen LogP contribution in [0, 0.1) is 0 Å². The van der Waals surface area contributed by atoms with Gasteiger partial charge in [0, 0.05) is 22.3 Å². The SMILES string of the molecule is C[NH+](CC(=O)NCc1cccc(Cl)c1)CC(=O)Nc1ccc(Cl)cc1. The molecule has 25 heavy (non-hydrogen) atoms. The van der Waals surface area contributed by atoms with E-state index in [2.05, 4.69) is 10.6 Å². The molecule has 0 aliphatic rings. The predicted octanol–water partition coefficient (Wildman–Crippen LogP) is 1.76. The molecule has 0 aliphatic carbocycles. The quantitative estimate of drug-likeness (QED) is 0.685. The van der Waals surface area contributed by atoms with E-state index in [9.17, 15) is 9.59 Å². The van der Waals surface area contributed by atoms with Crippen molar-refractivity contribution in [2.75, 3.05) is 25.5 Å². The van der Waals surface area contributed by atoms with Gasteiger partial charge < -0.3 is 15.5 Å². The Morgan fingerprint density at radius 2 is 1.64 bits per heavy atom. The fraction of sp³-hybridized carbons (Fsp3) is 0.222. The van der Waals surface area contributed by atoms with Crippen molar-refractivity contribution in [3.8, 4) is 0 Å². The van der Waals surface area contributed by atoms with Gasteiger partial charge in [0.1, 0.15) is 0 Å². The molecule has 0 saturated heterocycles. The number of hydrogen-bond donors (Lipinski definition) is 3. The lowest BCUT2D eigenvalue weighted by Crippen LogP contribution is -3.11. The van der Waals surface area contributed by atoms with Crippen molar-refractivity contribution in [1.29, 1.82) is 0 Å². The van der Waals surface area contributed by atoms with E-state index in [1.54, 1.807) is 43.4 Å². The summed E-state index contributed by atoms with van der Waals surface area (Å²) in [4.78, 5) is 24.8. The largest absolute Gasteiger partial charge is 0.347 e. The summed E-state index contributed by atoms with van der Waals surface area (Å²) >= 11 is 11.7. The highest BCUT2D eigenvalue weighted by Crippen LogP contribution is 2.13. The monoisotopic (exact) mass is 380 g/mol. The molecule has 3 N–H and O–H groups in total. The third-order valence-corrected chi connectivity index (χ3v) is 3.92. The maximum atomic E-state index is 12.0. The van der Waals surface area contributed by atoms with E-state index >= 15 is 0 Å². The van der Waals surface area contributed by atoms with E-state index in [1.165, 1.54) is 0 Å². The standard InChI is InChI=1S/C18H19Cl2N3O2/c1-23(12-18(25)22-16-7-5-14(19)6-8-16)11-17(24)21-10-13-3-2-4-15(20)9-13/h2-9H,10-12H2,1H3,(H,21,24)(H,22,25)/p+1. The minimum Gasteiger partial charge on any atom is -0.347 e. The Balaban J connectivity index is 1.73. The second kappa shape index (κ2) is 9.42. The number of anilines is 1. The molecule has 2 aromatic carbocycles. The van der Waals surface area contributed by atoms with Gasteiger partial charge in [0.15, 0.2) is 13.1 Å². The van der Waals surface area contributed by atoms with Gasteiger partial charge in [0.25, 0.3) is 11.8 Å². The second-order valence-corrected chi connectivity index (χ2v) is 6.65. The Kier molecular flexibility index (Phi) is 7.25. The van der Waals surface area contributed by atoms with Crippen LogP contribution >= 0.6 is 23.2 Å². The first kappa shape index (κ1) is 19.2. The molecule has 2 amide bonds. The molecule has 2 aromatic rings. The normalized spacial score (nSPS) is 11.6. The number of halogens is 2. The zero-order valence-electron chi connectivity index (χ0n) is 13.8. The zero-order chi connectivity index (χ0) is 18.2. The Morgan fingerprint density at radius 1 is 0.960 bits per heavy atom. The molecule has 0 aliphatic heterocycles. The fourth-order valence-corrected chi connectivity index (χ4v) is 2.60. The number of quaternary nitrogens is 1. The van der Waals surface area contributed by atoms with Crippen molar-refractivity contribution in [2.45, 2.75) is 6.54 Å². The summed E-state index contributed by atoms with van der Waals surface area (Å²) < 4.78 is 0. The van der Waals surface area contributed by atoms with E-state index in [0.29, 0.717) is 22.3 Å². The van der Waals surface area contributed by atoms with Gasteiger partial charge in [0.2, 0.25) is 0 Å². The van der Waals surface area contributed by atoms with Crippen molar-refractivity contribution in [1.82, 2.24) is 5.32 Å². The van der Waals surface area contributed by atoms with Gasteiger partial charge in [0.05, 0.1) is 7.05 Å². The second-order valence-electron chi connectivity index (χ2n) is 5.77. The minimum absolute atomic E-state index is 0.128. The van der Waals surface area contributed by atoms with Crippen LogP contribution in [0.5, 0.6) is 0 Å². The summed E-state index contributed by atoms with van der Waals surface area (Å²) in [7, 11) is 1.79. The summed E-state index contributed by atoms with van der Waals surface area (Å²) in [5.41, 5.74) is 1.60. The molecule has 0 heterocycles. The molecule has 132 valence electrons. The molecule has 1 atom stereocenters. The first-order valence-electron chi connectivity index (χ1n) is 7.80. The van der Waals surface area contributed by atoms with Gasteiger partial charge in [-0.15, -0.1) is 0 Å². The number of carbonyl (C=O) groups excluding carboxylic acids is 2. The van der Waals surface area contributed by atoms with E-state index in [-0.39, 0.29) is 24.9 Å². The summed E-state index contributed by atoms with van der Waals surface area (Å²) in [6.07, 6.45) is 0. The van der Waals surface area contributed by atoms with Crippen LogP contribution < -0.4 is 15.5 Å². The Labute approximate surface area is 156 Å². The number of carbonyl (C=O) groups is 2. The highest BCUT2D eigenvalue weighted by atomic mass is 35.5. The molecule has 0 bridgehead atoms. The molecule has 0 spiro atoms. The smallest absolute Gasteiger partial charge is 0.279 e. The van der Waals surface area contributed by atoms with Crippen LogP contribution in [0.2, 0.25) is 10.0 Å². The van der Waals surface area contributed by atoms with Crippen molar-refractivity contribution in [2.24, 2.45) is 0 Å². The van der Waals surface area contributed by atoms with Gasteiger partial charge >= 0.3 is 0 Å².